The van der Waals surface area contributed by atoms with Gasteiger partial charge in [-0.05, 0) is 24.3 Å². The minimum absolute atomic E-state index is 0.620. The summed E-state index contributed by atoms with van der Waals surface area (Å²) in [6.07, 6.45) is 5.10. The zero-order valence-electron chi connectivity index (χ0n) is 9.36. The van der Waals surface area contributed by atoms with E-state index >= 15 is 0 Å². The lowest BCUT2D eigenvalue weighted by molar-refractivity contribution is 0.878. The van der Waals surface area contributed by atoms with Gasteiger partial charge in [-0.15, -0.1) is 0 Å². The van der Waals surface area contributed by atoms with E-state index in [0.717, 1.165) is 11.4 Å². The van der Waals surface area contributed by atoms with Crippen molar-refractivity contribution in [2.24, 2.45) is 0 Å². The van der Waals surface area contributed by atoms with Crippen LogP contribution in [0.5, 0.6) is 0 Å². The van der Waals surface area contributed by atoms with E-state index in [1.54, 1.807) is 29.3 Å². The average Bonchev–Trinajstić information content (AvgIpc) is 2.89. The Morgan fingerprint density at radius 3 is 2.44 bits per heavy atom. The van der Waals surface area contributed by atoms with Gasteiger partial charge in [0.05, 0.1) is 16.9 Å². The molecule has 0 N–H and O–H groups in total. The first-order chi connectivity index (χ1) is 8.86. The quantitative estimate of drug-likeness (QED) is 0.708. The SMILES string of the molecule is Clc1ccccc1-n1nccc1-c1ncccn1. The topological polar surface area (TPSA) is 43.6 Å². The molecule has 5 heteroatoms. The first-order valence-corrected chi connectivity index (χ1v) is 5.80. The first kappa shape index (κ1) is 10.9. The molecule has 2 heterocycles. The third kappa shape index (κ3) is 1.87. The van der Waals surface area contributed by atoms with Gasteiger partial charge in [-0.1, -0.05) is 23.7 Å². The fraction of sp³-hybridized carbons (Fsp3) is 0. The van der Waals surface area contributed by atoms with Gasteiger partial charge in [0.15, 0.2) is 5.82 Å². The van der Waals surface area contributed by atoms with Gasteiger partial charge < -0.3 is 0 Å². The van der Waals surface area contributed by atoms with Gasteiger partial charge in [0.1, 0.15) is 5.69 Å². The van der Waals surface area contributed by atoms with Crippen molar-refractivity contribution in [3.8, 4) is 17.2 Å². The van der Waals surface area contributed by atoms with Crippen LogP contribution in [0.3, 0.4) is 0 Å². The molecule has 3 rings (SSSR count). The standard InChI is InChI=1S/C13H9ClN4/c14-10-4-1-2-5-11(10)18-12(6-9-17-18)13-15-7-3-8-16-13/h1-9H. The minimum Gasteiger partial charge on any atom is -0.235 e. The summed E-state index contributed by atoms with van der Waals surface area (Å²) in [4.78, 5) is 8.44. The lowest BCUT2D eigenvalue weighted by Crippen LogP contribution is -2.01. The third-order valence-corrected chi connectivity index (χ3v) is 2.84. The van der Waals surface area contributed by atoms with Crippen LogP contribution in [-0.4, -0.2) is 19.7 Å². The zero-order chi connectivity index (χ0) is 12.4. The van der Waals surface area contributed by atoms with E-state index in [1.807, 2.05) is 30.3 Å². The summed E-state index contributed by atoms with van der Waals surface area (Å²) >= 11 is 6.17. The van der Waals surface area contributed by atoms with E-state index in [0.29, 0.717) is 10.8 Å². The molecular formula is C13H9ClN4. The molecule has 0 saturated heterocycles. The molecule has 1 aromatic carbocycles. The largest absolute Gasteiger partial charge is 0.235 e. The Hall–Kier alpha value is -2.20. The highest BCUT2D eigenvalue weighted by Gasteiger charge is 2.11. The molecule has 0 atom stereocenters. The maximum absolute atomic E-state index is 6.17. The molecule has 0 unspecified atom stereocenters. The van der Waals surface area contributed by atoms with E-state index in [4.69, 9.17) is 11.6 Å². The Morgan fingerprint density at radius 2 is 1.67 bits per heavy atom. The van der Waals surface area contributed by atoms with Crippen molar-refractivity contribution in [2.75, 3.05) is 0 Å². The van der Waals surface area contributed by atoms with Gasteiger partial charge in [-0.2, -0.15) is 5.10 Å². The number of hydrogen-bond acceptors (Lipinski definition) is 3. The second-order valence-electron chi connectivity index (χ2n) is 3.65. The summed E-state index contributed by atoms with van der Waals surface area (Å²) in [5.74, 6) is 0.620. The van der Waals surface area contributed by atoms with Gasteiger partial charge in [0.2, 0.25) is 0 Å². The number of hydrogen-bond donors (Lipinski definition) is 0. The molecule has 0 spiro atoms. The summed E-state index contributed by atoms with van der Waals surface area (Å²) in [5.41, 5.74) is 1.62. The van der Waals surface area contributed by atoms with Gasteiger partial charge in [-0.3, -0.25) is 0 Å². The molecular weight excluding hydrogens is 248 g/mol. The maximum atomic E-state index is 6.17. The molecule has 0 saturated carbocycles. The van der Waals surface area contributed by atoms with Crippen LogP contribution in [0.1, 0.15) is 0 Å². The van der Waals surface area contributed by atoms with Crippen LogP contribution in [0.15, 0.2) is 55.0 Å². The highest BCUT2D eigenvalue weighted by Crippen LogP contribution is 2.24. The first-order valence-electron chi connectivity index (χ1n) is 5.42. The van der Waals surface area contributed by atoms with E-state index < -0.39 is 0 Å². The Bertz CT molecular complexity index is 664. The van der Waals surface area contributed by atoms with Crippen molar-refractivity contribution in [2.45, 2.75) is 0 Å². The average molecular weight is 257 g/mol. The van der Waals surface area contributed by atoms with Crippen LogP contribution >= 0.6 is 11.6 Å². The van der Waals surface area contributed by atoms with Crippen molar-refractivity contribution in [3.05, 3.63) is 60.0 Å². The van der Waals surface area contributed by atoms with E-state index in [1.165, 1.54) is 0 Å². The fourth-order valence-corrected chi connectivity index (χ4v) is 1.94. The third-order valence-electron chi connectivity index (χ3n) is 2.52. The van der Waals surface area contributed by atoms with Gasteiger partial charge >= 0.3 is 0 Å². The molecule has 0 bridgehead atoms. The minimum atomic E-state index is 0.620. The maximum Gasteiger partial charge on any atom is 0.178 e. The lowest BCUT2D eigenvalue weighted by atomic mass is 10.3. The molecule has 0 aliphatic rings. The number of aromatic nitrogens is 4. The van der Waals surface area contributed by atoms with Gasteiger partial charge in [0, 0.05) is 12.4 Å². The molecule has 88 valence electrons. The molecule has 0 amide bonds. The molecule has 0 radical (unpaired) electrons. The predicted octanol–water partition coefficient (Wildman–Crippen LogP) is 2.98. The van der Waals surface area contributed by atoms with Crippen LogP contribution in [0.2, 0.25) is 5.02 Å². The van der Waals surface area contributed by atoms with Crippen molar-refractivity contribution in [1.29, 1.82) is 0 Å². The molecule has 4 nitrogen and oxygen atoms in total. The Morgan fingerprint density at radius 1 is 0.889 bits per heavy atom. The summed E-state index contributed by atoms with van der Waals surface area (Å²) in [7, 11) is 0. The van der Waals surface area contributed by atoms with Crippen molar-refractivity contribution in [3.63, 3.8) is 0 Å². The number of rotatable bonds is 2. The van der Waals surface area contributed by atoms with Gasteiger partial charge in [0.25, 0.3) is 0 Å². The summed E-state index contributed by atoms with van der Waals surface area (Å²) < 4.78 is 1.73. The van der Waals surface area contributed by atoms with E-state index in [-0.39, 0.29) is 0 Å². The molecule has 0 aliphatic carbocycles. The Balaban J connectivity index is 2.16. The summed E-state index contributed by atoms with van der Waals surface area (Å²) in [6.45, 7) is 0. The highest BCUT2D eigenvalue weighted by atomic mass is 35.5. The fourth-order valence-electron chi connectivity index (χ4n) is 1.72. The van der Waals surface area contributed by atoms with Crippen LogP contribution < -0.4 is 0 Å². The molecule has 18 heavy (non-hydrogen) atoms. The molecule has 3 aromatic rings. The molecule has 0 fully saturated rings. The smallest absolute Gasteiger partial charge is 0.178 e. The van der Waals surface area contributed by atoms with Crippen LogP contribution in [0, 0.1) is 0 Å². The molecule has 0 aliphatic heterocycles. The van der Waals surface area contributed by atoms with Gasteiger partial charge in [-0.25, -0.2) is 14.6 Å². The van der Waals surface area contributed by atoms with Crippen LogP contribution in [-0.2, 0) is 0 Å². The van der Waals surface area contributed by atoms with Crippen LogP contribution in [0.4, 0.5) is 0 Å². The van der Waals surface area contributed by atoms with E-state index in [9.17, 15) is 0 Å². The number of para-hydroxylation sites is 1. The van der Waals surface area contributed by atoms with Crippen molar-refractivity contribution >= 4 is 11.6 Å². The summed E-state index contributed by atoms with van der Waals surface area (Å²) in [6, 6.07) is 11.2. The summed E-state index contributed by atoms with van der Waals surface area (Å²) in [5, 5.41) is 4.91. The van der Waals surface area contributed by atoms with E-state index in [2.05, 4.69) is 15.1 Å². The van der Waals surface area contributed by atoms with Crippen LogP contribution in [0.25, 0.3) is 17.2 Å². The lowest BCUT2D eigenvalue weighted by Gasteiger charge is -2.07. The Labute approximate surface area is 109 Å². The number of halogens is 1. The number of benzene rings is 1. The molecule has 2 aromatic heterocycles. The van der Waals surface area contributed by atoms with Crippen molar-refractivity contribution < 1.29 is 0 Å². The Kier molecular flexibility index (Phi) is 2.78. The second-order valence-corrected chi connectivity index (χ2v) is 4.06. The number of nitrogens with zero attached hydrogens (tertiary/aromatic N) is 4. The monoisotopic (exact) mass is 256 g/mol. The highest BCUT2D eigenvalue weighted by molar-refractivity contribution is 6.32. The zero-order valence-corrected chi connectivity index (χ0v) is 10.1. The second kappa shape index (κ2) is 4.58. The normalized spacial score (nSPS) is 10.5. The predicted molar refractivity (Wildman–Crippen MR) is 69.6 cm³/mol. The van der Waals surface area contributed by atoms with Crippen molar-refractivity contribution in [1.82, 2.24) is 19.7 Å².